The minimum atomic E-state index is 1.08. The molecule has 0 atom stereocenters. The third kappa shape index (κ3) is 3.76. The molecule has 5 rings (SSSR count). The highest BCUT2D eigenvalue weighted by Crippen LogP contribution is 2.29. The predicted molar refractivity (Wildman–Crippen MR) is 126 cm³/mol. The Kier molecular flexibility index (Phi) is 5.11. The highest BCUT2D eigenvalue weighted by molar-refractivity contribution is 7.13. The molecule has 0 saturated heterocycles. The number of hydrogen-bond acceptors (Lipinski definition) is 2. The average molecular weight is 406 g/mol. The van der Waals surface area contributed by atoms with Crippen LogP contribution in [0.5, 0.6) is 0 Å². The lowest BCUT2D eigenvalue weighted by molar-refractivity contribution is -0.563. The first-order valence-electron chi connectivity index (χ1n) is 9.95. The van der Waals surface area contributed by atoms with Crippen LogP contribution < -0.4 is 9.88 Å². The van der Waals surface area contributed by atoms with Crippen LogP contribution in [0.15, 0.2) is 121 Å². The van der Waals surface area contributed by atoms with E-state index in [0.29, 0.717) is 0 Å². The van der Waals surface area contributed by atoms with Gasteiger partial charge in [-0.05, 0) is 35.4 Å². The number of aromatic nitrogens is 1. The molecule has 1 heterocycles. The van der Waals surface area contributed by atoms with Gasteiger partial charge in [0.2, 0.25) is 0 Å². The van der Waals surface area contributed by atoms with Crippen molar-refractivity contribution in [3.05, 3.63) is 121 Å². The molecule has 144 valence electrons. The Bertz CT molecular complexity index is 1230. The molecular formula is C27H21N2S+. The van der Waals surface area contributed by atoms with Gasteiger partial charge in [0.25, 0.3) is 0 Å². The van der Waals surface area contributed by atoms with E-state index in [-0.39, 0.29) is 0 Å². The lowest BCUT2D eigenvalue weighted by Crippen LogP contribution is -2.33. The zero-order valence-electron chi connectivity index (χ0n) is 16.4. The normalized spacial score (nSPS) is 10.7. The smallest absolute Gasteiger partial charge is 0.231 e. The summed E-state index contributed by atoms with van der Waals surface area (Å²) in [4.78, 5) is 0. The van der Waals surface area contributed by atoms with Gasteiger partial charge in [-0.25, -0.2) is 5.32 Å². The summed E-state index contributed by atoms with van der Waals surface area (Å²) in [5, 5.41) is 6.88. The summed E-state index contributed by atoms with van der Waals surface area (Å²) in [5.41, 5.74) is 7.04. The molecule has 4 aromatic carbocycles. The SMILES string of the molecule is c1ccc(Nc2scc(-c3ccc(-c4ccccc4)cc3)[n+]2-c2ccccc2)cc1. The summed E-state index contributed by atoms with van der Waals surface area (Å²) >= 11 is 1.71. The van der Waals surface area contributed by atoms with Gasteiger partial charge in [0, 0.05) is 10.9 Å². The third-order valence-corrected chi connectivity index (χ3v) is 5.90. The molecule has 0 bridgehead atoms. The van der Waals surface area contributed by atoms with Crippen LogP contribution in [-0.2, 0) is 0 Å². The first kappa shape index (κ1) is 18.3. The maximum atomic E-state index is 3.58. The van der Waals surface area contributed by atoms with Gasteiger partial charge in [-0.2, -0.15) is 4.57 Å². The van der Waals surface area contributed by atoms with Gasteiger partial charge < -0.3 is 0 Å². The summed E-state index contributed by atoms with van der Waals surface area (Å²) in [6, 6.07) is 40.1. The number of para-hydroxylation sites is 2. The van der Waals surface area contributed by atoms with Crippen molar-refractivity contribution in [1.82, 2.24) is 0 Å². The Labute approximate surface area is 180 Å². The van der Waals surface area contributed by atoms with Crippen LogP contribution in [0.3, 0.4) is 0 Å². The quantitative estimate of drug-likeness (QED) is 0.308. The van der Waals surface area contributed by atoms with Gasteiger partial charge in [-0.15, -0.1) is 0 Å². The molecule has 5 aromatic rings. The lowest BCUT2D eigenvalue weighted by atomic mass is 10.0. The molecule has 0 saturated carbocycles. The van der Waals surface area contributed by atoms with Crippen molar-refractivity contribution in [2.24, 2.45) is 0 Å². The highest BCUT2D eigenvalue weighted by atomic mass is 32.1. The van der Waals surface area contributed by atoms with Crippen molar-refractivity contribution in [2.75, 3.05) is 5.32 Å². The standard InChI is InChI=1S/C27H20N2S/c1-4-10-21(11-5-1)22-16-18-23(19-17-22)26-20-30-27(28-24-12-6-2-7-13-24)29(26)25-14-8-3-9-15-25/h1-20H/p+1. The van der Waals surface area contributed by atoms with Gasteiger partial charge in [0.1, 0.15) is 11.4 Å². The van der Waals surface area contributed by atoms with Crippen LogP contribution in [0.4, 0.5) is 10.8 Å². The number of hydrogen-bond donors (Lipinski definition) is 1. The van der Waals surface area contributed by atoms with Crippen LogP contribution in [0.25, 0.3) is 28.1 Å². The number of thiazole rings is 1. The van der Waals surface area contributed by atoms with E-state index in [1.54, 1.807) is 11.3 Å². The van der Waals surface area contributed by atoms with Crippen molar-refractivity contribution < 1.29 is 4.57 Å². The van der Waals surface area contributed by atoms with E-state index < -0.39 is 0 Å². The summed E-state index contributed by atoms with van der Waals surface area (Å²) in [5.74, 6) is 0. The average Bonchev–Trinajstić information content (AvgIpc) is 3.24. The minimum Gasteiger partial charge on any atom is -0.231 e. The molecule has 0 aliphatic rings. The molecule has 0 radical (unpaired) electrons. The largest absolute Gasteiger partial charge is 0.344 e. The van der Waals surface area contributed by atoms with Crippen LogP contribution in [0, 0.1) is 0 Å². The van der Waals surface area contributed by atoms with Crippen molar-refractivity contribution in [2.45, 2.75) is 0 Å². The van der Waals surface area contributed by atoms with E-state index in [4.69, 9.17) is 0 Å². The Morgan fingerprint density at radius 1 is 0.533 bits per heavy atom. The van der Waals surface area contributed by atoms with Crippen LogP contribution in [0.2, 0.25) is 0 Å². The van der Waals surface area contributed by atoms with Crippen molar-refractivity contribution in [1.29, 1.82) is 0 Å². The molecule has 30 heavy (non-hydrogen) atoms. The highest BCUT2D eigenvalue weighted by Gasteiger charge is 2.21. The summed E-state index contributed by atoms with van der Waals surface area (Å²) in [7, 11) is 0. The van der Waals surface area contributed by atoms with Crippen LogP contribution >= 0.6 is 11.3 Å². The summed E-state index contributed by atoms with van der Waals surface area (Å²) < 4.78 is 2.29. The summed E-state index contributed by atoms with van der Waals surface area (Å²) in [6.45, 7) is 0. The molecule has 1 aromatic heterocycles. The maximum Gasteiger partial charge on any atom is 0.344 e. The molecule has 0 amide bonds. The first-order valence-corrected chi connectivity index (χ1v) is 10.8. The zero-order chi connectivity index (χ0) is 20.2. The van der Waals surface area contributed by atoms with E-state index in [1.165, 1.54) is 22.4 Å². The van der Waals surface area contributed by atoms with E-state index in [1.807, 2.05) is 24.3 Å². The van der Waals surface area contributed by atoms with E-state index in [0.717, 1.165) is 16.5 Å². The number of rotatable bonds is 5. The second kappa shape index (κ2) is 8.36. The maximum absolute atomic E-state index is 3.58. The molecule has 1 N–H and O–H groups in total. The van der Waals surface area contributed by atoms with E-state index in [9.17, 15) is 0 Å². The summed E-state index contributed by atoms with van der Waals surface area (Å²) in [6.07, 6.45) is 0. The fraction of sp³-hybridized carbons (Fsp3) is 0. The van der Waals surface area contributed by atoms with Gasteiger partial charge in [0.15, 0.2) is 5.69 Å². The predicted octanol–water partition coefficient (Wildman–Crippen LogP) is 7.10. The Morgan fingerprint density at radius 3 is 1.73 bits per heavy atom. The molecule has 3 heteroatoms. The monoisotopic (exact) mass is 405 g/mol. The number of nitrogens with one attached hydrogen (secondary N) is 1. The second-order valence-electron chi connectivity index (χ2n) is 7.03. The molecule has 0 unspecified atom stereocenters. The number of anilines is 2. The topological polar surface area (TPSA) is 15.9 Å². The molecule has 0 spiro atoms. The molecule has 0 fully saturated rings. The molecule has 0 aliphatic heterocycles. The van der Waals surface area contributed by atoms with Crippen molar-refractivity contribution in [3.8, 4) is 28.1 Å². The number of benzene rings is 4. The lowest BCUT2D eigenvalue weighted by Gasteiger charge is -2.07. The number of nitrogens with zero attached hydrogens (tertiary/aromatic N) is 1. The Balaban J connectivity index is 1.57. The van der Waals surface area contributed by atoms with Gasteiger partial charge in [-0.1, -0.05) is 102 Å². The Morgan fingerprint density at radius 2 is 1.07 bits per heavy atom. The third-order valence-electron chi connectivity index (χ3n) is 5.05. The van der Waals surface area contributed by atoms with Gasteiger partial charge in [0.05, 0.1) is 0 Å². The molecular weight excluding hydrogens is 384 g/mol. The molecule has 0 aliphatic carbocycles. The van der Waals surface area contributed by atoms with Crippen LogP contribution in [-0.4, -0.2) is 0 Å². The van der Waals surface area contributed by atoms with Crippen molar-refractivity contribution in [3.63, 3.8) is 0 Å². The van der Waals surface area contributed by atoms with Gasteiger partial charge >= 0.3 is 5.13 Å². The minimum absolute atomic E-state index is 1.08. The molecule has 2 nitrogen and oxygen atoms in total. The van der Waals surface area contributed by atoms with E-state index >= 15 is 0 Å². The Hall–Kier alpha value is -3.69. The second-order valence-corrected chi connectivity index (χ2v) is 7.89. The first-order chi connectivity index (χ1) is 14.9. The van der Waals surface area contributed by atoms with Crippen LogP contribution in [0.1, 0.15) is 0 Å². The van der Waals surface area contributed by atoms with Crippen molar-refractivity contribution >= 4 is 22.2 Å². The van der Waals surface area contributed by atoms with E-state index in [2.05, 4.69) is 106 Å². The fourth-order valence-corrected chi connectivity index (χ4v) is 4.50. The fourth-order valence-electron chi connectivity index (χ4n) is 3.55. The van der Waals surface area contributed by atoms with Gasteiger partial charge in [-0.3, -0.25) is 0 Å². The zero-order valence-corrected chi connectivity index (χ0v) is 17.2.